The lowest BCUT2D eigenvalue weighted by atomic mass is 9.83. The van der Waals surface area contributed by atoms with E-state index in [2.05, 4.69) is 27.5 Å². The molecule has 0 aromatic carbocycles. The van der Waals surface area contributed by atoms with Gasteiger partial charge in [0.25, 0.3) is 0 Å². The first-order valence-corrected chi connectivity index (χ1v) is 8.13. The second-order valence-electron chi connectivity index (χ2n) is 6.72. The van der Waals surface area contributed by atoms with Gasteiger partial charge < -0.3 is 15.5 Å². The Kier molecular flexibility index (Phi) is 4.29. The molecule has 0 saturated carbocycles. The lowest BCUT2D eigenvalue weighted by Gasteiger charge is -2.49. The second kappa shape index (κ2) is 6.00. The molecule has 5 nitrogen and oxygen atoms in total. The maximum absolute atomic E-state index is 12.3. The number of carbonyl (C=O) groups excluding carboxylic acids is 1. The van der Waals surface area contributed by atoms with E-state index in [1.54, 1.807) is 0 Å². The molecule has 3 saturated heterocycles. The van der Waals surface area contributed by atoms with E-state index in [1.165, 1.54) is 32.5 Å². The SMILES string of the molecule is CN1CCNC(=O)C12CCN(C[C@H]1CCCNC1)CC2. The average Bonchev–Trinajstić information content (AvgIpc) is 2.48. The van der Waals surface area contributed by atoms with E-state index in [1.807, 2.05) is 0 Å². The molecule has 1 amide bonds. The van der Waals surface area contributed by atoms with Gasteiger partial charge in [-0.1, -0.05) is 0 Å². The van der Waals surface area contributed by atoms with Crippen molar-refractivity contribution in [3.63, 3.8) is 0 Å². The molecule has 1 atom stereocenters. The van der Waals surface area contributed by atoms with Gasteiger partial charge >= 0.3 is 0 Å². The Morgan fingerprint density at radius 1 is 1.25 bits per heavy atom. The Morgan fingerprint density at radius 3 is 2.70 bits per heavy atom. The Morgan fingerprint density at radius 2 is 2.05 bits per heavy atom. The topological polar surface area (TPSA) is 47.6 Å². The third-order valence-corrected chi connectivity index (χ3v) is 5.48. The maximum atomic E-state index is 12.3. The van der Waals surface area contributed by atoms with Crippen LogP contribution in [0.15, 0.2) is 0 Å². The van der Waals surface area contributed by atoms with Crippen LogP contribution < -0.4 is 10.6 Å². The average molecular weight is 280 g/mol. The fourth-order valence-electron chi connectivity index (χ4n) is 4.05. The molecule has 0 aromatic heterocycles. The van der Waals surface area contributed by atoms with Crippen LogP contribution in [-0.2, 0) is 4.79 Å². The van der Waals surface area contributed by atoms with Crippen LogP contribution in [0.5, 0.6) is 0 Å². The van der Waals surface area contributed by atoms with Crippen LogP contribution in [0.2, 0.25) is 0 Å². The number of amides is 1. The van der Waals surface area contributed by atoms with Crippen molar-refractivity contribution < 1.29 is 4.79 Å². The molecule has 3 aliphatic heterocycles. The zero-order valence-electron chi connectivity index (χ0n) is 12.7. The largest absolute Gasteiger partial charge is 0.353 e. The highest BCUT2D eigenvalue weighted by Crippen LogP contribution is 2.30. The standard InChI is InChI=1S/C15H28N4O/c1-18-10-7-17-14(20)15(18)4-8-19(9-5-15)12-13-3-2-6-16-11-13/h13,16H,2-12H2,1H3,(H,17,20)/t13-/m0/s1. The molecule has 1 spiro atoms. The van der Waals surface area contributed by atoms with Crippen molar-refractivity contribution in [1.29, 1.82) is 0 Å². The van der Waals surface area contributed by atoms with Crippen molar-refractivity contribution in [2.24, 2.45) is 5.92 Å². The van der Waals surface area contributed by atoms with E-state index < -0.39 is 0 Å². The van der Waals surface area contributed by atoms with Crippen molar-refractivity contribution in [2.75, 3.05) is 52.9 Å². The van der Waals surface area contributed by atoms with Gasteiger partial charge in [-0.25, -0.2) is 0 Å². The van der Waals surface area contributed by atoms with Crippen molar-refractivity contribution in [1.82, 2.24) is 20.4 Å². The van der Waals surface area contributed by atoms with Crippen LogP contribution >= 0.6 is 0 Å². The molecule has 0 aromatic rings. The van der Waals surface area contributed by atoms with E-state index in [4.69, 9.17) is 0 Å². The summed E-state index contributed by atoms with van der Waals surface area (Å²) in [5.74, 6) is 1.06. The number of likely N-dealkylation sites (N-methyl/N-ethyl adjacent to an activating group) is 1. The summed E-state index contributed by atoms with van der Waals surface area (Å²) in [5.41, 5.74) is -0.223. The number of carbonyl (C=O) groups is 1. The fourth-order valence-corrected chi connectivity index (χ4v) is 4.05. The predicted octanol–water partition coefficient (Wildman–Crippen LogP) is -0.118. The van der Waals surface area contributed by atoms with Gasteiger partial charge in [0.1, 0.15) is 5.54 Å². The molecule has 3 fully saturated rings. The number of piperazine rings is 1. The molecule has 5 heteroatoms. The van der Waals surface area contributed by atoms with Crippen molar-refractivity contribution >= 4 is 5.91 Å². The van der Waals surface area contributed by atoms with Gasteiger partial charge in [0, 0.05) is 32.7 Å². The van der Waals surface area contributed by atoms with Gasteiger partial charge in [0.05, 0.1) is 0 Å². The van der Waals surface area contributed by atoms with Crippen LogP contribution in [0.25, 0.3) is 0 Å². The smallest absolute Gasteiger partial charge is 0.240 e. The molecule has 114 valence electrons. The van der Waals surface area contributed by atoms with Crippen LogP contribution in [0.1, 0.15) is 25.7 Å². The third-order valence-electron chi connectivity index (χ3n) is 5.48. The highest BCUT2D eigenvalue weighted by Gasteiger charge is 2.46. The van der Waals surface area contributed by atoms with E-state index in [0.717, 1.165) is 44.9 Å². The quantitative estimate of drug-likeness (QED) is 0.740. The molecule has 3 heterocycles. The van der Waals surface area contributed by atoms with Crippen molar-refractivity contribution in [3.8, 4) is 0 Å². The third kappa shape index (κ3) is 2.71. The van der Waals surface area contributed by atoms with Gasteiger partial charge in [-0.2, -0.15) is 0 Å². The predicted molar refractivity (Wildman–Crippen MR) is 79.6 cm³/mol. The van der Waals surface area contributed by atoms with Gasteiger partial charge in [-0.15, -0.1) is 0 Å². The summed E-state index contributed by atoms with van der Waals surface area (Å²) in [5, 5.41) is 6.56. The number of rotatable bonds is 2. The number of likely N-dealkylation sites (tertiary alicyclic amines) is 1. The fraction of sp³-hybridized carbons (Fsp3) is 0.933. The zero-order chi connectivity index (χ0) is 14.0. The second-order valence-corrected chi connectivity index (χ2v) is 6.72. The lowest BCUT2D eigenvalue weighted by Crippen LogP contribution is -2.67. The summed E-state index contributed by atoms with van der Waals surface area (Å²) < 4.78 is 0. The van der Waals surface area contributed by atoms with E-state index in [0.29, 0.717) is 0 Å². The van der Waals surface area contributed by atoms with Gasteiger partial charge in [-0.3, -0.25) is 9.69 Å². The molecule has 0 bridgehead atoms. The Labute approximate surface area is 122 Å². The first-order chi connectivity index (χ1) is 9.71. The summed E-state index contributed by atoms with van der Waals surface area (Å²) in [4.78, 5) is 17.1. The van der Waals surface area contributed by atoms with Crippen LogP contribution in [0.4, 0.5) is 0 Å². The van der Waals surface area contributed by atoms with E-state index in [-0.39, 0.29) is 11.4 Å². The summed E-state index contributed by atoms with van der Waals surface area (Å²) in [6.07, 6.45) is 4.63. The molecule has 0 radical (unpaired) electrons. The number of hydrogen-bond donors (Lipinski definition) is 2. The summed E-state index contributed by atoms with van der Waals surface area (Å²) in [6.45, 7) is 7.47. The minimum absolute atomic E-state index is 0.223. The van der Waals surface area contributed by atoms with Crippen LogP contribution in [-0.4, -0.2) is 74.1 Å². The van der Waals surface area contributed by atoms with Gasteiger partial charge in [0.15, 0.2) is 0 Å². The molecular weight excluding hydrogens is 252 g/mol. The minimum Gasteiger partial charge on any atom is -0.353 e. The Balaban J connectivity index is 1.54. The number of piperidine rings is 2. The maximum Gasteiger partial charge on any atom is 0.240 e. The molecule has 0 aliphatic carbocycles. The lowest BCUT2D eigenvalue weighted by molar-refractivity contribution is -0.140. The monoisotopic (exact) mass is 280 g/mol. The number of nitrogens with one attached hydrogen (secondary N) is 2. The Bertz CT molecular complexity index is 346. The van der Waals surface area contributed by atoms with Crippen LogP contribution in [0.3, 0.4) is 0 Å². The highest BCUT2D eigenvalue weighted by molar-refractivity contribution is 5.87. The zero-order valence-corrected chi connectivity index (χ0v) is 12.7. The molecule has 20 heavy (non-hydrogen) atoms. The van der Waals surface area contributed by atoms with E-state index in [9.17, 15) is 4.79 Å². The Hall–Kier alpha value is -0.650. The highest BCUT2D eigenvalue weighted by atomic mass is 16.2. The normalized spacial score (nSPS) is 32.2. The van der Waals surface area contributed by atoms with Gasteiger partial charge in [-0.05, 0) is 51.7 Å². The summed E-state index contributed by atoms with van der Waals surface area (Å²) >= 11 is 0. The molecule has 2 N–H and O–H groups in total. The van der Waals surface area contributed by atoms with Gasteiger partial charge in [0.2, 0.25) is 5.91 Å². The molecular formula is C15H28N4O. The van der Waals surface area contributed by atoms with Crippen molar-refractivity contribution in [2.45, 2.75) is 31.2 Å². The summed E-state index contributed by atoms with van der Waals surface area (Å²) in [7, 11) is 2.11. The van der Waals surface area contributed by atoms with Crippen molar-refractivity contribution in [3.05, 3.63) is 0 Å². The minimum atomic E-state index is -0.223. The number of hydrogen-bond acceptors (Lipinski definition) is 4. The molecule has 3 aliphatic rings. The number of nitrogens with zero attached hydrogens (tertiary/aromatic N) is 2. The van der Waals surface area contributed by atoms with Crippen LogP contribution in [0, 0.1) is 5.92 Å². The summed E-state index contributed by atoms with van der Waals surface area (Å²) in [6, 6.07) is 0. The van der Waals surface area contributed by atoms with E-state index >= 15 is 0 Å². The molecule has 0 unspecified atom stereocenters. The molecule has 3 rings (SSSR count). The first-order valence-electron chi connectivity index (χ1n) is 8.13. The first kappa shape index (κ1) is 14.3.